The molecule has 1 aliphatic heterocycles. The summed E-state index contributed by atoms with van der Waals surface area (Å²) in [5.74, 6) is 0.890. The van der Waals surface area contributed by atoms with Crippen molar-refractivity contribution in [2.24, 2.45) is 0 Å². The van der Waals surface area contributed by atoms with Crippen LogP contribution in [0.3, 0.4) is 0 Å². The van der Waals surface area contributed by atoms with E-state index in [1.165, 1.54) is 5.57 Å². The van der Waals surface area contributed by atoms with Crippen LogP contribution in [0.4, 0.5) is 0 Å². The van der Waals surface area contributed by atoms with Gasteiger partial charge in [-0.3, -0.25) is 4.90 Å². The maximum Gasteiger partial charge on any atom is 0.133 e. The first-order valence-electron chi connectivity index (χ1n) is 5.05. The first-order chi connectivity index (χ1) is 6.74. The minimum absolute atomic E-state index is 0.890. The summed E-state index contributed by atoms with van der Waals surface area (Å²) < 4.78 is 5.03. The van der Waals surface area contributed by atoms with Crippen molar-refractivity contribution in [2.45, 2.75) is 26.3 Å². The zero-order valence-electron chi connectivity index (χ0n) is 8.62. The lowest BCUT2D eigenvalue weighted by Gasteiger charge is -2.26. The van der Waals surface area contributed by atoms with Crippen molar-refractivity contribution in [1.82, 2.24) is 10.1 Å². The second-order valence-corrected chi connectivity index (χ2v) is 3.96. The number of aryl methyl sites for hydroxylation is 1. The molecule has 2 rings (SSSR count). The topological polar surface area (TPSA) is 29.3 Å². The summed E-state index contributed by atoms with van der Waals surface area (Å²) in [5.41, 5.74) is 2.41. The molecule has 0 amide bonds. The molecule has 0 spiro atoms. The van der Waals surface area contributed by atoms with Crippen LogP contribution in [-0.4, -0.2) is 23.1 Å². The molecule has 1 fully saturated rings. The monoisotopic (exact) mass is 192 g/mol. The molecule has 1 aromatic heterocycles. The maximum atomic E-state index is 5.03. The van der Waals surface area contributed by atoms with Crippen LogP contribution < -0.4 is 0 Å². The Morgan fingerprint density at radius 3 is 2.79 bits per heavy atom. The normalized spacial score (nSPS) is 18.8. The van der Waals surface area contributed by atoms with Crippen molar-refractivity contribution >= 4 is 0 Å². The number of piperidine rings is 1. The van der Waals surface area contributed by atoms with Crippen molar-refractivity contribution in [1.29, 1.82) is 0 Å². The molecule has 76 valence electrons. The van der Waals surface area contributed by atoms with Crippen LogP contribution in [-0.2, 0) is 6.54 Å². The first kappa shape index (κ1) is 9.46. The van der Waals surface area contributed by atoms with Crippen LogP contribution in [0.1, 0.15) is 24.3 Å². The Morgan fingerprint density at radius 1 is 1.50 bits per heavy atom. The van der Waals surface area contributed by atoms with E-state index in [1.54, 1.807) is 0 Å². The largest absolute Gasteiger partial charge is 0.361 e. The zero-order valence-corrected chi connectivity index (χ0v) is 8.62. The highest BCUT2D eigenvalue weighted by Crippen LogP contribution is 2.16. The number of rotatable bonds is 2. The average molecular weight is 192 g/mol. The third kappa shape index (κ3) is 2.23. The van der Waals surface area contributed by atoms with Gasteiger partial charge in [0, 0.05) is 25.7 Å². The van der Waals surface area contributed by atoms with E-state index in [-0.39, 0.29) is 0 Å². The highest BCUT2D eigenvalue weighted by molar-refractivity contribution is 5.05. The molecule has 0 N–H and O–H groups in total. The molecule has 2 heterocycles. The van der Waals surface area contributed by atoms with E-state index in [0.717, 1.165) is 43.9 Å². The van der Waals surface area contributed by atoms with Gasteiger partial charge in [0.15, 0.2) is 0 Å². The minimum atomic E-state index is 0.890. The molecule has 0 saturated carbocycles. The fourth-order valence-corrected chi connectivity index (χ4v) is 1.75. The summed E-state index contributed by atoms with van der Waals surface area (Å²) in [6, 6.07) is 2.00. The maximum absolute atomic E-state index is 5.03. The molecule has 0 aliphatic carbocycles. The Labute approximate surface area is 84.4 Å². The van der Waals surface area contributed by atoms with Gasteiger partial charge in [0.05, 0.1) is 5.69 Å². The minimum Gasteiger partial charge on any atom is -0.361 e. The van der Waals surface area contributed by atoms with E-state index in [4.69, 9.17) is 4.52 Å². The Balaban J connectivity index is 1.89. The van der Waals surface area contributed by atoms with Crippen molar-refractivity contribution in [2.75, 3.05) is 13.1 Å². The second kappa shape index (κ2) is 3.96. The van der Waals surface area contributed by atoms with Gasteiger partial charge in [0.2, 0.25) is 0 Å². The molecular formula is C11H16N2O. The summed E-state index contributed by atoms with van der Waals surface area (Å²) in [7, 11) is 0. The van der Waals surface area contributed by atoms with Crippen LogP contribution in [0.25, 0.3) is 0 Å². The van der Waals surface area contributed by atoms with Gasteiger partial charge in [-0.05, 0) is 19.8 Å². The lowest BCUT2D eigenvalue weighted by Crippen LogP contribution is -2.30. The molecule has 3 heteroatoms. The van der Waals surface area contributed by atoms with E-state index in [1.807, 2.05) is 13.0 Å². The fourth-order valence-electron chi connectivity index (χ4n) is 1.75. The van der Waals surface area contributed by atoms with Crippen LogP contribution >= 0.6 is 0 Å². The molecule has 0 atom stereocenters. The number of hydrogen-bond donors (Lipinski definition) is 0. The van der Waals surface area contributed by atoms with Gasteiger partial charge in [-0.15, -0.1) is 0 Å². The molecule has 0 aromatic carbocycles. The van der Waals surface area contributed by atoms with Gasteiger partial charge < -0.3 is 4.52 Å². The quantitative estimate of drug-likeness (QED) is 0.672. The summed E-state index contributed by atoms with van der Waals surface area (Å²) in [4.78, 5) is 2.39. The van der Waals surface area contributed by atoms with Crippen LogP contribution in [0.15, 0.2) is 22.7 Å². The molecule has 1 saturated heterocycles. The van der Waals surface area contributed by atoms with E-state index in [0.29, 0.717) is 0 Å². The van der Waals surface area contributed by atoms with Crippen molar-refractivity contribution in [3.05, 3.63) is 29.7 Å². The summed E-state index contributed by atoms with van der Waals surface area (Å²) in [6.45, 7) is 9.04. The summed E-state index contributed by atoms with van der Waals surface area (Å²) in [6.07, 6.45) is 2.24. The molecule has 1 aliphatic rings. The van der Waals surface area contributed by atoms with Gasteiger partial charge >= 0.3 is 0 Å². The lowest BCUT2D eigenvalue weighted by molar-refractivity contribution is 0.240. The Bertz CT molecular complexity index is 320. The summed E-state index contributed by atoms with van der Waals surface area (Å²) >= 11 is 0. The number of hydrogen-bond acceptors (Lipinski definition) is 3. The fraction of sp³-hybridized carbons (Fsp3) is 0.545. The number of likely N-dealkylation sites (tertiary alicyclic amines) is 1. The van der Waals surface area contributed by atoms with Crippen LogP contribution in [0.5, 0.6) is 0 Å². The van der Waals surface area contributed by atoms with Gasteiger partial charge in [-0.1, -0.05) is 17.3 Å². The Hall–Kier alpha value is -1.09. The van der Waals surface area contributed by atoms with E-state index >= 15 is 0 Å². The lowest BCUT2D eigenvalue weighted by atomic mass is 10.1. The van der Waals surface area contributed by atoms with Gasteiger partial charge in [-0.2, -0.15) is 0 Å². The first-order valence-corrected chi connectivity index (χ1v) is 5.05. The predicted molar refractivity (Wildman–Crippen MR) is 54.9 cm³/mol. The summed E-state index contributed by atoms with van der Waals surface area (Å²) in [5, 5.41) is 3.99. The van der Waals surface area contributed by atoms with E-state index < -0.39 is 0 Å². The molecule has 0 bridgehead atoms. The predicted octanol–water partition coefficient (Wildman–Crippen LogP) is 2.14. The van der Waals surface area contributed by atoms with Gasteiger partial charge in [0.1, 0.15) is 5.76 Å². The Morgan fingerprint density at radius 2 is 2.21 bits per heavy atom. The standard InChI is InChI=1S/C11H16N2O/c1-9-3-5-13(6-4-9)8-11-7-10(2)14-12-11/h7H,1,3-6,8H2,2H3. The third-order valence-corrected chi connectivity index (χ3v) is 2.63. The van der Waals surface area contributed by atoms with Crippen LogP contribution in [0, 0.1) is 6.92 Å². The number of nitrogens with zero attached hydrogens (tertiary/aromatic N) is 2. The number of aromatic nitrogens is 1. The second-order valence-electron chi connectivity index (χ2n) is 3.96. The van der Waals surface area contributed by atoms with E-state index in [9.17, 15) is 0 Å². The highest BCUT2D eigenvalue weighted by atomic mass is 16.5. The third-order valence-electron chi connectivity index (χ3n) is 2.63. The smallest absolute Gasteiger partial charge is 0.133 e. The SMILES string of the molecule is C=C1CCN(Cc2cc(C)on2)CC1. The van der Waals surface area contributed by atoms with Gasteiger partial charge in [0.25, 0.3) is 0 Å². The Kier molecular flexibility index (Phi) is 2.68. The molecular weight excluding hydrogens is 176 g/mol. The molecule has 0 unspecified atom stereocenters. The molecule has 14 heavy (non-hydrogen) atoms. The molecule has 1 aromatic rings. The van der Waals surface area contributed by atoms with Crippen molar-refractivity contribution < 1.29 is 4.52 Å². The van der Waals surface area contributed by atoms with Crippen molar-refractivity contribution in [3.63, 3.8) is 0 Å². The van der Waals surface area contributed by atoms with E-state index in [2.05, 4.69) is 16.6 Å². The van der Waals surface area contributed by atoms with Crippen molar-refractivity contribution in [3.8, 4) is 0 Å². The van der Waals surface area contributed by atoms with Crippen LogP contribution in [0.2, 0.25) is 0 Å². The average Bonchev–Trinajstić information content (AvgIpc) is 2.56. The zero-order chi connectivity index (χ0) is 9.97. The molecule has 0 radical (unpaired) electrons. The van der Waals surface area contributed by atoms with Gasteiger partial charge in [-0.25, -0.2) is 0 Å². The highest BCUT2D eigenvalue weighted by Gasteiger charge is 2.13. The molecule has 3 nitrogen and oxygen atoms in total.